The van der Waals surface area contributed by atoms with Crippen molar-refractivity contribution in [2.45, 2.75) is 19.9 Å². The van der Waals surface area contributed by atoms with Gasteiger partial charge in [0.25, 0.3) is 0 Å². The first kappa shape index (κ1) is 13.4. The zero-order chi connectivity index (χ0) is 14.0. The molecule has 0 aliphatic heterocycles. The molecule has 2 N–H and O–H groups in total. The largest absolute Gasteiger partial charge is 0.318 e. The summed E-state index contributed by atoms with van der Waals surface area (Å²) < 4.78 is 14.0. The molecule has 0 amide bonds. The fourth-order valence-electron chi connectivity index (χ4n) is 2.20. The van der Waals surface area contributed by atoms with Crippen molar-refractivity contribution in [3.8, 4) is 0 Å². The van der Waals surface area contributed by atoms with Crippen molar-refractivity contribution in [3.05, 3.63) is 70.5 Å². The molecule has 0 fully saturated rings. The molecule has 2 aromatic rings. The summed E-state index contributed by atoms with van der Waals surface area (Å²) in [5, 5.41) is 0. The molecule has 0 saturated carbocycles. The number of hydrogen-bond acceptors (Lipinski definition) is 2. The molecule has 2 aromatic carbocycles. The minimum Gasteiger partial charge on any atom is -0.318 e. The van der Waals surface area contributed by atoms with Crippen molar-refractivity contribution in [1.82, 2.24) is 0 Å². The topological polar surface area (TPSA) is 43.1 Å². The van der Waals surface area contributed by atoms with Crippen LogP contribution in [-0.4, -0.2) is 5.78 Å². The lowest BCUT2D eigenvalue weighted by molar-refractivity contribution is 0.0956. The molecule has 0 aliphatic rings. The molecular formula is C16H16FNO. The lowest BCUT2D eigenvalue weighted by atomic mass is 9.94. The fourth-order valence-corrected chi connectivity index (χ4v) is 2.20. The van der Waals surface area contributed by atoms with E-state index < -0.39 is 11.9 Å². The molecular weight excluding hydrogens is 241 g/mol. The van der Waals surface area contributed by atoms with E-state index in [0.717, 1.165) is 5.56 Å². The molecule has 0 aliphatic carbocycles. The second-order valence-corrected chi connectivity index (χ2v) is 4.69. The average Bonchev–Trinajstić information content (AvgIpc) is 2.37. The highest BCUT2D eigenvalue weighted by Gasteiger charge is 2.22. The number of nitrogens with two attached hydrogens (primary N) is 1. The van der Waals surface area contributed by atoms with Gasteiger partial charge in [0, 0.05) is 0 Å². The summed E-state index contributed by atoms with van der Waals surface area (Å²) >= 11 is 0. The van der Waals surface area contributed by atoms with Crippen molar-refractivity contribution in [2.75, 3.05) is 0 Å². The normalized spacial score (nSPS) is 12.2. The van der Waals surface area contributed by atoms with Gasteiger partial charge in [-0.3, -0.25) is 4.79 Å². The van der Waals surface area contributed by atoms with Crippen LogP contribution in [-0.2, 0) is 0 Å². The maximum absolute atomic E-state index is 14.0. The number of hydrogen-bond donors (Lipinski definition) is 1. The summed E-state index contributed by atoms with van der Waals surface area (Å²) in [4.78, 5) is 12.3. The van der Waals surface area contributed by atoms with Crippen LogP contribution in [0.1, 0.15) is 33.1 Å². The third-order valence-corrected chi connectivity index (χ3v) is 3.12. The molecule has 0 saturated heterocycles. The number of Topliss-reactive ketones (excluding diaryl/α,β-unsaturated/α-hetero) is 1. The number of carbonyl (C=O) groups excluding carboxylic acids is 1. The van der Waals surface area contributed by atoms with E-state index in [1.54, 1.807) is 44.2 Å². The summed E-state index contributed by atoms with van der Waals surface area (Å²) in [6.07, 6.45) is 0. The molecule has 0 aromatic heterocycles. The molecule has 0 radical (unpaired) electrons. The lowest BCUT2D eigenvalue weighted by Crippen LogP contribution is -2.23. The third-order valence-electron chi connectivity index (χ3n) is 3.12. The number of carbonyl (C=O) groups is 1. The Morgan fingerprint density at radius 2 is 1.79 bits per heavy atom. The van der Waals surface area contributed by atoms with Gasteiger partial charge in [-0.15, -0.1) is 0 Å². The van der Waals surface area contributed by atoms with Crippen LogP contribution in [0.5, 0.6) is 0 Å². The van der Waals surface area contributed by atoms with Crippen LogP contribution in [0.25, 0.3) is 0 Å². The third kappa shape index (κ3) is 2.71. The van der Waals surface area contributed by atoms with Gasteiger partial charge in [-0.1, -0.05) is 36.4 Å². The first-order valence-electron chi connectivity index (χ1n) is 6.12. The number of rotatable bonds is 3. The van der Waals surface area contributed by atoms with Gasteiger partial charge in [0.05, 0.1) is 11.6 Å². The van der Waals surface area contributed by atoms with Crippen LogP contribution < -0.4 is 5.73 Å². The first-order chi connectivity index (χ1) is 9.00. The SMILES string of the molecule is Cc1cc(C)c(C(=O)[C@H](N)c2ccccc2)c(F)c1. The second-order valence-electron chi connectivity index (χ2n) is 4.69. The molecule has 3 heteroatoms. The van der Waals surface area contributed by atoms with E-state index in [1.165, 1.54) is 6.07 Å². The molecule has 2 rings (SSSR count). The molecule has 1 atom stereocenters. The van der Waals surface area contributed by atoms with Crippen LogP contribution in [0.4, 0.5) is 4.39 Å². The van der Waals surface area contributed by atoms with Crippen LogP contribution in [0.2, 0.25) is 0 Å². The van der Waals surface area contributed by atoms with E-state index in [2.05, 4.69) is 0 Å². The van der Waals surface area contributed by atoms with Gasteiger partial charge in [-0.2, -0.15) is 0 Å². The number of ketones is 1. The van der Waals surface area contributed by atoms with E-state index in [9.17, 15) is 9.18 Å². The number of aryl methyl sites for hydroxylation is 2. The Labute approximate surface area is 112 Å². The molecule has 0 spiro atoms. The zero-order valence-corrected chi connectivity index (χ0v) is 11.0. The highest BCUT2D eigenvalue weighted by Crippen LogP contribution is 2.22. The van der Waals surface area contributed by atoms with Gasteiger partial charge >= 0.3 is 0 Å². The minimum absolute atomic E-state index is 0.0851. The lowest BCUT2D eigenvalue weighted by Gasteiger charge is -2.14. The number of benzene rings is 2. The maximum Gasteiger partial charge on any atom is 0.187 e. The standard InChI is InChI=1S/C16H16FNO/c1-10-8-11(2)14(13(17)9-10)16(19)15(18)12-6-4-3-5-7-12/h3-9,15H,18H2,1-2H3/t15-/m1/s1. The summed E-state index contributed by atoms with van der Waals surface area (Å²) in [7, 11) is 0. The Kier molecular flexibility index (Phi) is 3.76. The van der Waals surface area contributed by atoms with E-state index in [4.69, 9.17) is 5.73 Å². The Morgan fingerprint density at radius 3 is 2.37 bits per heavy atom. The van der Waals surface area contributed by atoms with Crippen LogP contribution in [0.3, 0.4) is 0 Å². The van der Waals surface area contributed by atoms with Crippen molar-refractivity contribution in [3.63, 3.8) is 0 Å². The smallest absolute Gasteiger partial charge is 0.187 e. The summed E-state index contributed by atoms with van der Waals surface area (Å²) in [5.41, 5.74) is 8.11. The number of halogens is 1. The molecule has 0 bridgehead atoms. The Hall–Kier alpha value is -2.00. The van der Waals surface area contributed by atoms with Gasteiger partial charge in [-0.05, 0) is 36.6 Å². The van der Waals surface area contributed by atoms with E-state index in [1.807, 2.05) is 6.07 Å². The van der Waals surface area contributed by atoms with Gasteiger partial charge in [0.15, 0.2) is 5.78 Å². The van der Waals surface area contributed by atoms with Crippen molar-refractivity contribution < 1.29 is 9.18 Å². The molecule has 0 unspecified atom stereocenters. The molecule has 98 valence electrons. The fraction of sp³-hybridized carbons (Fsp3) is 0.188. The average molecular weight is 257 g/mol. The summed E-state index contributed by atoms with van der Waals surface area (Å²) in [6, 6.07) is 11.3. The zero-order valence-electron chi connectivity index (χ0n) is 11.0. The predicted molar refractivity (Wildman–Crippen MR) is 73.6 cm³/mol. The van der Waals surface area contributed by atoms with Crippen molar-refractivity contribution >= 4 is 5.78 Å². The second kappa shape index (κ2) is 5.33. The van der Waals surface area contributed by atoms with Crippen LogP contribution in [0.15, 0.2) is 42.5 Å². The summed E-state index contributed by atoms with van der Waals surface area (Å²) in [5.74, 6) is -0.893. The Morgan fingerprint density at radius 1 is 1.16 bits per heavy atom. The quantitative estimate of drug-likeness (QED) is 0.857. The Balaban J connectivity index is 2.40. The van der Waals surface area contributed by atoms with Crippen molar-refractivity contribution in [1.29, 1.82) is 0 Å². The van der Waals surface area contributed by atoms with E-state index in [0.29, 0.717) is 11.1 Å². The van der Waals surface area contributed by atoms with E-state index >= 15 is 0 Å². The van der Waals surface area contributed by atoms with E-state index in [-0.39, 0.29) is 11.3 Å². The molecule has 19 heavy (non-hydrogen) atoms. The first-order valence-corrected chi connectivity index (χ1v) is 6.12. The maximum atomic E-state index is 14.0. The summed E-state index contributed by atoms with van der Waals surface area (Å²) in [6.45, 7) is 3.52. The van der Waals surface area contributed by atoms with Crippen molar-refractivity contribution in [2.24, 2.45) is 5.73 Å². The predicted octanol–water partition coefficient (Wildman–Crippen LogP) is 3.33. The van der Waals surface area contributed by atoms with Gasteiger partial charge in [0.2, 0.25) is 0 Å². The van der Waals surface area contributed by atoms with Gasteiger partial charge in [0.1, 0.15) is 5.82 Å². The molecule has 2 nitrogen and oxygen atoms in total. The van der Waals surface area contributed by atoms with Crippen LogP contribution in [0, 0.1) is 19.7 Å². The van der Waals surface area contributed by atoms with Gasteiger partial charge in [-0.25, -0.2) is 4.39 Å². The highest BCUT2D eigenvalue weighted by atomic mass is 19.1. The monoisotopic (exact) mass is 257 g/mol. The highest BCUT2D eigenvalue weighted by molar-refractivity contribution is 6.02. The Bertz CT molecular complexity index is 584. The minimum atomic E-state index is -0.836. The van der Waals surface area contributed by atoms with Crippen LogP contribution >= 0.6 is 0 Å². The van der Waals surface area contributed by atoms with Gasteiger partial charge < -0.3 is 5.73 Å². The molecule has 0 heterocycles.